The highest BCUT2D eigenvalue weighted by Crippen LogP contribution is 2.24. The quantitative estimate of drug-likeness (QED) is 0.428. The molecule has 34 heavy (non-hydrogen) atoms. The summed E-state index contributed by atoms with van der Waals surface area (Å²) in [6.07, 6.45) is 0.848. The smallest absolute Gasteiger partial charge is 0.338 e. The fraction of sp³-hybridized carbons (Fsp3) is 0.417. The van der Waals surface area contributed by atoms with Crippen LogP contribution >= 0.6 is 0 Å². The van der Waals surface area contributed by atoms with Crippen LogP contribution in [-0.2, 0) is 44.0 Å². The van der Waals surface area contributed by atoms with Crippen molar-refractivity contribution in [3.63, 3.8) is 0 Å². The van der Waals surface area contributed by atoms with Crippen molar-refractivity contribution in [2.45, 2.75) is 38.0 Å². The molecule has 0 bridgehead atoms. The molecule has 0 saturated carbocycles. The van der Waals surface area contributed by atoms with Crippen molar-refractivity contribution in [3.8, 4) is 0 Å². The lowest BCUT2D eigenvalue weighted by Gasteiger charge is -2.26. The number of esters is 1. The van der Waals surface area contributed by atoms with Crippen LogP contribution < -0.4 is 0 Å². The van der Waals surface area contributed by atoms with Crippen LogP contribution in [-0.4, -0.2) is 61.7 Å². The van der Waals surface area contributed by atoms with Crippen molar-refractivity contribution >= 4 is 27.0 Å². The van der Waals surface area contributed by atoms with Crippen molar-refractivity contribution in [2.24, 2.45) is 0 Å². The molecule has 0 spiro atoms. The van der Waals surface area contributed by atoms with E-state index in [2.05, 4.69) is 4.98 Å². The van der Waals surface area contributed by atoms with Crippen LogP contribution in [0, 0.1) is 0 Å². The van der Waals surface area contributed by atoms with E-state index in [1.807, 2.05) is 23.6 Å². The highest BCUT2D eigenvalue weighted by atomic mass is 32.2. The number of aromatic nitrogens is 2. The van der Waals surface area contributed by atoms with Gasteiger partial charge in [-0.1, -0.05) is 19.1 Å². The Kier molecular flexibility index (Phi) is 7.62. The second-order valence-electron chi connectivity index (χ2n) is 8.05. The first-order chi connectivity index (χ1) is 16.4. The minimum absolute atomic E-state index is 0.0150. The number of aryl methyl sites for hydroxylation is 1. The third-order valence-electron chi connectivity index (χ3n) is 5.69. The third kappa shape index (κ3) is 5.15. The second-order valence-corrected chi connectivity index (χ2v) is 9.99. The fourth-order valence-electron chi connectivity index (χ4n) is 3.96. The van der Waals surface area contributed by atoms with Crippen molar-refractivity contribution in [1.82, 2.24) is 13.9 Å². The predicted octanol–water partition coefficient (Wildman–Crippen LogP) is 2.97. The number of hydrogen-bond acceptors (Lipinski definition) is 7. The molecular formula is C24H29N3O6S. The molecule has 1 aliphatic rings. The van der Waals surface area contributed by atoms with Gasteiger partial charge < -0.3 is 18.8 Å². The zero-order chi connectivity index (χ0) is 24.1. The molecule has 4 rings (SSSR count). The molecule has 0 unspecified atom stereocenters. The first kappa shape index (κ1) is 24.3. The van der Waals surface area contributed by atoms with Gasteiger partial charge in [0.05, 0.1) is 41.3 Å². The van der Waals surface area contributed by atoms with E-state index >= 15 is 0 Å². The number of morpholine rings is 1. The number of benzene rings is 2. The average molecular weight is 488 g/mol. The summed E-state index contributed by atoms with van der Waals surface area (Å²) in [4.78, 5) is 17.4. The van der Waals surface area contributed by atoms with Crippen LogP contribution in [0.1, 0.15) is 35.1 Å². The molecule has 1 fully saturated rings. The van der Waals surface area contributed by atoms with Gasteiger partial charge in [-0.05, 0) is 42.3 Å². The summed E-state index contributed by atoms with van der Waals surface area (Å²) >= 11 is 0. The molecule has 0 atom stereocenters. The summed E-state index contributed by atoms with van der Waals surface area (Å²) in [5.41, 5.74) is 2.76. The normalized spacial score (nSPS) is 15.0. The molecule has 182 valence electrons. The summed E-state index contributed by atoms with van der Waals surface area (Å²) in [6, 6.07) is 12.0. The van der Waals surface area contributed by atoms with Gasteiger partial charge in [0.15, 0.2) is 0 Å². The van der Waals surface area contributed by atoms with E-state index in [9.17, 15) is 13.2 Å². The maximum atomic E-state index is 13.0. The Morgan fingerprint density at radius 3 is 2.50 bits per heavy atom. The van der Waals surface area contributed by atoms with Crippen LogP contribution in [0.15, 0.2) is 47.4 Å². The number of methoxy groups -OCH3 is 1. The molecular weight excluding hydrogens is 458 g/mol. The number of imidazole rings is 1. The van der Waals surface area contributed by atoms with E-state index in [1.54, 1.807) is 37.4 Å². The SMILES string of the molecule is CCCn1c(COC(=O)c2ccc(COC)cc2)nc2cc(S(=O)(=O)N3CCOCC3)ccc21. The number of nitrogens with zero attached hydrogens (tertiary/aromatic N) is 3. The zero-order valence-electron chi connectivity index (χ0n) is 19.4. The summed E-state index contributed by atoms with van der Waals surface area (Å²) < 4.78 is 45.4. The molecule has 10 heteroatoms. The molecule has 1 aromatic heterocycles. The van der Waals surface area contributed by atoms with Crippen LogP contribution in [0.5, 0.6) is 0 Å². The van der Waals surface area contributed by atoms with Gasteiger partial charge in [-0.3, -0.25) is 0 Å². The van der Waals surface area contributed by atoms with Gasteiger partial charge in [0, 0.05) is 26.7 Å². The molecule has 0 amide bonds. The van der Waals surface area contributed by atoms with E-state index in [0.717, 1.165) is 17.5 Å². The Labute approximate surface area is 199 Å². The predicted molar refractivity (Wildman–Crippen MR) is 126 cm³/mol. The van der Waals surface area contributed by atoms with Gasteiger partial charge in [0.25, 0.3) is 0 Å². The maximum Gasteiger partial charge on any atom is 0.338 e. The maximum absolute atomic E-state index is 13.0. The van der Waals surface area contributed by atoms with E-state index in [1.165, 1.54) is 4.31 Å². The molecule has 0 aliphatic carbocycles. The molecule has 2 aromatic carbocycles. The number of fused-ring (bicyclic) bond motifs is 1. The minimum Gasteiger partial charge on any atom is -0.454 e. The lowest BCUT2D eigenvalue weighted by atomic mass is 10.1. The number of sulfonamides is 1. The molecule has 9 nitrogen and oxygen atoms in total. The van der Waals surface area contributed by atoms with Crippen LogP contribution in [0.3, 0.4) is 0 Å². The van der Waals surface area contributed by atoms with E-state index in [0.29, 0.717) is 56.4 Å². The number of carbonyl (C=O) groups excluding carboxylic acids is 1. The highest BCUT2D eigenvalue weighted by Gasteiger charge is 2.27. The number of ether oxygens (including phenoxy) is 3. The Balaban J connectivity index is 1.55. The third-order valence-corrected chi connectivity index (χ3v) is 7.58. The van der Waals surface area contributed by atoms with Gasteiger partial charge in [-0.25, -0.2) is 18.2 Å². The van der Waals surface area contributed by atoms with Gasteiger partial charge >= 0.3 is 5.97 Å². The largest absolute Gasteiger partial charge is 0.454 e. The fourth-order valence-corrected chi connectivity index (χ4v) is 5.38. The Hall–Kier alpha value is -2.79. The lowest BCUT2D eigenvalue weighted by Crippen LogP contribution is -2.40. The van der Waals surface area contributed by atoms with Crippen LogP contribution in [0.25, 0.3) is 11.0 Å². The molecule has 0 radical (unpaired) electrons. The summed E-state index contributed by atoms with van der Waals surface area (Å²) in [6.45, 7) is 4.61. The van der Waals surface area contributed by atoms with E-state index < -0.39 is 16.0 Å². The van der Waals surface area contributed by atoms with Gasteiger partial charge in [0.1, 0.15) is 12.4 Å². The Morgan fingerprint density at radius 2 is 1.82 bits per heavy atom. The van der Waals surface area contributed by atoms with Gasteiger partial charge in [0.2, 0.25) is 10.0 Å². The van der Waals surface area contributed by atoms with Crippen LogP contribution in [0.4, 0.5) is 0 Å². The Bertz CT molecular complexity index is 1250. The molecule has 2 heterocycles. The Morgan fingerprint density at radius 1 is 1.09 bits per heavy atom. The summed E-state index contributed by atoms with van der Waals surface area (Å²) in [7, 11) is -2.01. The number of hydrogen-bond donors (Lipinski definition) is 0. The average Bonchev–Trinajstić information content (AvgIpc) is 3.20. The molecule has 1 aliphatic heterocycles. The minimum atomic E-state index is -3.63. The second kappa shape index (κ2) is 10.6. The van der Waals surface area contributed by atoms with Crippen molar-refractivity contribution in [1.29, 1.82) is 0 Å². The zero-order valence-corrected chi connectivity index (χ0v) is 20.2. The van der Waals surface area contributed by atoms with E-state index in [-0.39, 0.29) is 11.5 Å². The topological polar surface area (TPSA) is 100.0 Å². The standard InChI is InChI=1S/C24H29N3O6S/c1-3-10-27-22-9-8-20(34(29,30)26-11-13-32-14-12-26)15-21(22)25-23(27)17-33-24(28)19-6-4-18(5-7-19)16-31-2/h4-9,15H,3,10-14,16-17H2,1-2H3. The van der Waals surface area contributed by atoms with Crippen molar-refractivity contribution in [2.75, 3.05) is 33.4 Å². The first-order valence-electron chi connectivity index (χ1n) is 11.3. The van der Waals surface area contributed by atoms with Crippen LogP contribution in [0.2, 0.25) is 0 Å². The lowest BCUT2D eigenvalue weighted by molar-refractivity contribution is 0.0458. The molecule has 3 aromatic rings. The summed E-state index contributed by atoms with van der Waals surface area (Å²) in [5, 5.41) is 0. The number of carbonyl (C=O) groups is 1. The molecule has 0 N–H and O–H groups in total. The molecule has 1 saturated heterocycles. The summed E-state index contributed by atoms with van der Waals surface area (Å²) in [5.74, 6) is 0.122. The monoisotopic (exact) mass is 487 g/mol. The van der Waals surface area contributed by atoms with Crippen molar-refractivity contribution < 1.29 is 27.4 Å². The highest BCUT2D eigenvalue weighted by molar-refractivity contribution is 7.89. The van der Waals surface area contributed by atoms with Gasteiger partial charge in [-0.15, -0.1) is 0 Å². The van der Waals surface area contributed by atoms with E-state index in [4.69, 9.17) is 14.2 Å². The first-order valence-corrected chi connectivity index (χ1v) is 12.7. The van der Waals surface area contributed by atoms with Crippen molar-refractivity contribution in [3.05, 3.63) is 59.4 Å². The van der Waals surface area contributed by atoms with Gasteiger partial charge in [-0.2, -0.15) is 4.31 Å². The number of rotatable bonds is 9.